The molecule has 2 aromatic heterocycles. The van der Waals surface area contributed by atoms with Gasteiger partial charge in [0.15, 0.2) is 0 Å². The van der Waals surface area contributed by atoms with Crippen LogP contribution in [-0.4, -0.2) is 39.2 Å². The van der Waals surface area contributed by atoms with Crippen molar-refractivity contribution in [1.82, 2.24) is 14.3 Å². The van der Waals surface area contributed by atoms with Gasteiger partial charge < -0.3 is 19.4 Å². The maximum Gasteiger partial charge on any atom is 0.227 e. The highest BCUT2D eigenvalue weighted by Crippen LogP contribution is 2.23. The third-order valence-electron chi connectivity index (χ3n) is 6.59. The van der Waals surface area contributed by atoms with Crippen LogP contribution in [-0.2, 0) is 22.6 Å². The third-order valence-corrected chi connectivity index (χ3v) is 6.59. The minimum absolute atomic E-state index is 0.0103. The molecule has 184 valence electrons. The van der Waals surface area contributed by atoms with Crippen molar-refractivity contribution in [1.29, 1.82) is 0 Å². The lowest BCUT2D eigenvalue weighted by molar-refractivity contribution is -0.134. The van der Waals surface area contributed by atoms with Gasteiger partial charge in [0.2, 0.25) is 11.8 Å². The monoisotopic (exact) mass is 482 g/mol. The summed E-state index contributed by atoms with van der Waals surface area (Å²) in [6, 6.07) is 23.3. The van der Waals surface area contributed by atoms with Gasteiger partial charge in [-0.15, -0.1) is 0 Å². The fourth-order valence-electron chi connectivity index (χ4n) is 4.57. The summed E-state index contributed by atoms with van der Waals surface area (Å²) >= 11 is 0. The highest BCUT2D eigenvalue weighted by molar-refractivity contribution is 5.93. The van der Waals surface area contributed by atoms with E-state index < -0.39 is 0 Å². The molecule has 1 aliphatic rings. The number of hydrogen-bond donors (Lipinski definition) is 1. The van der Waals surface area contributed by atoms with Crippen LogP contribution in [0, 0.1) is 5.92 Å². The average molecular weight is 483 g/mol. The molecule has 2 amide bonds. The molecular weight excluding hydrogens is 452 g/mol. The van der Waals surface area contributed by atoms with Crippen molar-refractivity contribution in [3.63, 3.8) is 0 Å². The fourth-order valence-corrected chi connectivity index (χ4v) is 4.57. The zero-order valence-electron chi connectivity index (χ0n) is 20.2. The Balaban J connectivity index is 1.08. The highest BCUT2D eigenvalue weighted by Gasteiger charge is 2.27. The second-order valence-corrected chi connectivity index (χ2v) is 9.14. The Hall–Kier alpha value is -4.13. The fraction of sp³-hybridized carbons (Fsp3) is 0.276. The van der Waals surface area contributed by atoms with Gasteiger partial charge in [0.25, 0.3) is 0 Å². The van der Waals surface area contributed by atoms with Gasteiger partial charge in [0.05, 0.1) is 5.69 Å². The van der Waals surface area contributed by atoms with E-state index in [9.17, 15) is 9.59 Å². The Kier molecular flexibility index (Phi) is 7.26. The first-order valence-electron chi connectivity index (χ1n) is 12.4. The molecule has 0 atom stereocenters. The van der Waals surface area contributed by atoms with Crippen LogP contribution in [0.15, 0.2) is 85.2 Å². The Morgan fingerprint density at radius 2 is 1.78 bits per heavy atom. The number of amides is 2. The predicted octanol–water partition coefficient (Wildman–Crippen LogP) is 4.72. The number of anilines is 1. The second-order valence-electron chi connectivity index (χ2n) is 9.14. The SMILES string of the molecule is O=C(Nc1cccc(OCc2cn3ccccc3n2)c1)C1CCN(C(=O)CCc2ccccc2)CC1. The minimum Gasteiger partial charge on any atom is -0.487 e. The zero-order valence-corrected chi connectivity index (χ0v) is 20.2. The van der Waals surface area contributed by atoms with E-state index in [1.165, 1.54) is 5.56 Å². The lowest BCUT2D eigenvalue weighted by Crippen LogP contribution is -2.41. The molecule has 0 spiro atoms. The Labute approximate surface area is 210 Å². The van der Waals surface area contributed by atoms with Crippen molar-refractivity contribution in [3.8, 4) is 5.75 Å². The molecule has 1 aliphatic heterocycles. The van der Waals surface area contributed by atoms with E-state index in [0.29, 0.717) is 50.4 Å². The Morgan fingerprint density at radius 1 is 0.972 bits per heavy atom. The zero-order chi connectivity index (χ0) is 24.7. The average Bonchev–Trinajstić information content (AvgIpc) is 3.35. The summed E-state index contributed by atoms with van der Waals surface area (Å²) < 4.78 is 7.87. The number of nitrogens with one attached hydrogen (secondary N) is 1. The van der Waals surface area contributed by atoms with Gasteiger partial charge in [-0.05, 0) is 49.1 Å². The summed E-state index contributed by atoms with van der Waals surface area (Å²) in [4.78, 5) is 31.9. The number of ether oxygens (including phenoxy) is 1. The normalized spacial score (nSPS) is 14.1. The molecule has 36 heavy (non-hydrogen) atoms. The molecule has 7 nitrogen and oxygen atoms in total. The number of carbonyl (C=O) groups is 2. The molecule has 1 fully saturated rings. The van der Waals surface area contributed by atoms with Gasteiger partial charge in [0, 0.05) is 49.6 Å². The van der Waals surface area contributed by atoms with E-state index in [4.69, 9.17) is 4.74 Å². The third kappa shape index (κ3) is 5.92. The predicted molar refractivity (Wildman–Crippen MR) is 139 cm³/mol. The number of rotatable bonds is 8. The van der Waals surface area contributed by atoms with Gasteiger partial charge in [-0.1, -0.05) is 42.5 Å². The molecule has 0 unspecified atom stereocenters. The van der Waals surface area contributed by atoms with Gasteiger partial charge in [-0.25, -0.2) is 4.98 Å². The summed E-state index contributed by atoms with van der Waals surface area (Å²) in [7, 11) is 0. The number of benzene rings is 2. The molecule has 3 heterocycles. The maximum absolute atomic E-state index is 12.9. The number of piperidine rings is 1. The van der Waals surface area contributed by atoms with Gasteiger partial charge in [-0.3, -0.25) is 9.59 Å². The van der Waals surface area contributed by atoms with Crippen molar-refractivity contribution in [2.45, 2.75) is 32.3 Å². The number of nitrogens with zero attached hydrogens (tertiary/aromatic N) is 3. The molecule has 0 aliphatic carbocycles. The van der Waals surface area contributed by atoms with Crippen LogP contribution in [0.25, 0.3) is 5.65 Å². The van der Waals surface area contributed by atoms with E-state index >= 15 is 0 Å². The largest absolute Gasteiger partial charge is 0.487 e. The minimum atomic E-state index is -0.106. The van der Waals surface area contributed by atoms with Crippen LogP contribution in [0.3, 0.4) is 0 Å². The van der Waals surface area contributed by atoms with Crippen molar-refractivity contribution in [3.05, 3.63) is 96.4 Å². The van der Waals surface area contributed by atoms with Gasteiger partial charge in [0.1, 0.15) is 18.0 Å². The van der Waals surface area contributed by atoms with Crippen LogP contribution in [0.4, 0.5) is 5.69 Å². The number of hydrogen-bond acceptors (Lipinski definition) is 4. The van der Waals surface area contributed by atoms with Crippen molar-refractivity contribution in [2.75, 3.05) is 18.4 Å². The number of fused-ring (bicyclic) bond motifs is 1. The first kappa shape index (κ1) is 23.6. The van der Waals surface area contributed by atoms with E-state index in [1.807, 2.05) is 94.5 Å². The molecule has 5 rings (SSSR count). The molecule has 0 bridgehead atoms. The number of aromatic nitrogens is 2. The summed E-state index contributed by atoms with van der Waals surface area (Å²) in [5.74, 6) is 0.714. The molecule has 0 saturated carbocycles. The van der Waals surface area contributed by atoms with E-state index in [-0.39, 0.29) is 17.7 Å². The smallest absolute Gasteiger partial charge is 0.227 e. The van der Waals surface area contributed by atoms with Gasteiger partial charge in [-0.2, -0.15) is 0 Å². The molecular formula is C29H30N4O3. The van der Waals surface area contributed by atoms with E-state index in [0.717, 1.165) is 17.8 Å². The molecule has 2 aromatic carbocycles. The topological polar surface area (TPSA) is 75.9 Å². The van der Waals surface area contributed by atoms with E-state index in [2.05, 4.69) is 10.3 Å². The second kappa shape index (κ2) is 11.1. The summed E-state index contributed by atoms with van der Waals surface area (Å²) in [5.41, 5.74) is 3.58. The number of imidazole rings is 1. The lowest BCUT2D eigenvalue weighted by Gasteiger charge is -2.31. The molecule has 4 aromatic rings. The summed E-state index contributed by atoms with van der Waals surface area (Å²) in [6.45, 7) is 1.58. The van der Waals surface area contributed by atoms with Crippen LogP contribution < -0.4 is 10.1 Å². The standard InChI is InChI=1S/C29H30N4O3/c34-28(13-12-22-7-2-1-3-8-22)32-17-14-23(15-18-32)29(35)31-24-9-6-10-26(19-24)36-21-25-20-33-16-5-4-11-27(33)30-25/h1-11,16,19-20,23H,12-15,17-18,21H2,(H,31,35). The molecule has 1 saturated heterocycles. The van der Waals surface area contributed by atoms with Crippen molar-refractivity contribution >= 4 is 23.1 Å². The summed E-state index contributed by atoms with van der Waals surface area (Å²) in [5, 5.41) is 3.02. The number of aryl methyl sites for hydroxylation is 1. The van der Waals surface area contributed by atoms with Crippen LogP contribution >= 0.6 is 0 Å². The number of pyridine rings is 1. The lowest BCUT2D eigenvalue weighted by atomic mass is 9.95. The van der Waals surface area contributed by atoms with Crippen molar-refractivity contribution < 1.29 is 14.3 Å². The number of likely N-dealkylation sites (tertiary alicyclic amines) is 1. The first-order chi connectivity index (χ1) is 17.6. The van der Waals surface area contributed by atoms with E-state index in [1.54, 1.807) is 0 Å². The van der Waals surface area contributed by atoms with Crippen LogP contribution in [0.5, 0.6) is 5.75 Å². The number of carbonyl (C=O) groups excluding carboxylic acids is 2. The quantitative estimate of drug-likeness (QED) is 0.394. The molecule has 7 heteroatoms. The Bertz CT molecular complexity index is 1290. The highest BCUT2D eigenvalue weighted by atomic mass is 16.5. The van der Waals surface area contributed by atoms with Crippen molar-refractivity contribution in [2.24, 2.45) is 5.92 Å². The summed E-state index contributed by atoms with van der Waals surface area (Å²) in [6.07, 6.45) is 6.49. The molecule has 1 N–H and O–H groups in total. The van der Waals surface area contributed by atoms with Crippen LogP contribution in [0.2, 0.25) is 0 Å². The Morgan fingerprint density at radius 3 is 2.58 bits per heavy atom. The maximum atomic E-state index is 12.9. The van der Waals surface area contributed by atoms with Gasteiger partial charge >= 0.3 is 0 Å². The van der Waals surface area contributed by atoms with Crippen LogP contribution in [0.1, 0.15) is 30.5 Å². The first-order valence-corrected chi connectivity index (χ1v) is 12.4. The molecule has 0 radical (unpaired) electrons.